The molecular weight excluding hydrogens is 296 g/mol. The molecule has 1 heterocycles. The summed E-state index contributed by atoms with van der Waals surface area (Å²) in [4.78, 5) is 4.08. The molecule has 4 rings (SSSR count). The fourth-order valence-electron chi connectivity index (χ4n) is 3.86. The number of aryl methyl sites for hydroxylation is 1. The Labute approximate surface area is 144 Å². The lowest BCUT2D eigenvalue weighted by Gasteiger charge is -2.24. The molecule has 3 heteroatoms. The van der Waals surface area contributed by atoms with E-state index in [-0.39, 0.29) is 12.1 Å². The molecule has 0 spiro atoms. The van der Waals surface area contributed by atoms with Crippen molar-refractivity contribution in [1.29, 1.82) is 0 Å². The molecule has 0 aliphatic heterocycles. The van der Waals surface area contributed by atoms with Gasteiger partial charge in [-0.25, -0.2) is 0 Å². The number of hydrogen-bond acceptors (Lipinski definition) is 3. The number of rotatable bonds is 2. The summed E-state index contributed by atoms with van der Waals surface area (Å²) in [6, 6.07) is 13.1. The summed E-state index contributed by atoms with van der Waals surface area (Å²) in [5.41, 5.74) is 9.99. The van der Waals surface area contributed by atoms with Gasteiger partial charge in [0.1, 0.15) is 0 Å². The second kappa shape index (κ2) is 7.91. The molecule has 1 aromatic heterocycles. The molecule has 2 aliphatic rings. The second-order valence-electron chi connectivity index (χ2n) is 7.22. The molecule has 2 aliphatic carbocycles. The average Bonchev–Trinajstić information content (AvgIpc) is 3.10. The van der Waals surface area contributed by atoms with Crippen LogP contribution in [0.3, 0.4) is 0 Å². The van der Waals surface area contributed by atoms with Crippen molar-refractivity contribution in [2.75, 3.05) is 6.61 Å². The highest BCUT2D eigenvalue weighted by Crippen LogP contribution is 2.32. The minimum absolute atomic E-state index is 0.160. The van der Waals surface area contributed by atoms with Crippen LogP contribution in [-0.4, -0.2) is 22.2 Å². The lowest BCUT2D eigenvalue weighted by atomic mass is 9.80. The van der Waals surface area contributed by atoms with Crippen molar-refractivity contribution < 1.29 is 5.11 Å². The Morgan fingerprint density at radius 1 is 1.04 bits per heavy atom. The van der Waals surface area contributed by atoms with E-state index in [9.17, 15) is 0 Å². The van der Waals surface area contributed by atoms with E-state index in [1.165, 1.54) is 48.8 Å². The molecule has 0 amide bonds. The maximum Gasteiger partial charge on any atom is 0.0611 e. The fourth-order valence-corrected chi connectivity index (χ4v) is 3.86. The summed E-state index contributed by atoms with van der Waals surface area (Å²) in [5.74, 6) is 0.679. The number of fused-ring (bicyclic) bond motifs is 1. The molecular formula is C21H28N2O. The summed E-state index contributed by atoms with van der Waals surface area (Å²) < 4.78 is 0. The zero-order valence-electron chi connectivity index (χ0n) is 14.3. The van der Waals surface area contributed by atoms with Gasteiger partial charge in [-0.3, -0.25) is 4.98 Å². The first-order chi connectivity index (χ1) is 11.7. The Balaban J connectivity index is 0.000000179. The first-order valence-corrected chi connectivity index (χ1v) is 9.07. The number of benzene rings is 1. The quantitative estimate of drug-likeness (QED) is 0.887. The van der Waals surface area contributed by atoms with Crippen LogP contribution in [0.4, 0.5) is 0 Å². The fraction of sp³-hybridized carbons (Fsp3) is 0.476. The van der Waals surface area contributed by atoms with Crippen molar-refractivity contribution in [2.24, 2.45) is 5.73 Å². The molecule has 0 radical (unpaired) electrons. The molecule has 2 aromatic rings. The number of hydrogen-bond donors (Lipinski definition) is 2. The highest BCUT2D eigenvalue weighted by molar-refractivity contribution is 5.33. The van der Waals surface area contributed by atoms with Crippen molar-refractivity contribution in [2.45, 2.75) is 56.4 Å². The number of aromatic nitrogens is 1. The second-order valence-corrected chi connectivity index (χ2v) is 7.22. The van der Waals surface area contributed by atoms with Gasteiger partial charge in [0.2, 0.25) is 0 Å². The smallest absolute Gasteiger partial charge is 0.0611 e. The van der Waals surface area contributed by atoms with Crippen molar-refractivity contribution in [3.63, 3.8) is 0 Å². The van der Waals surface area contributed by atoms with Crippen LogP contribution < -0.4 is 5.73 Å². The highest BCUT2D eigenvalue weighted by atomic mass is 16.3. The molecule has 3 nitrogen and oxygen atoms in total. The first-order valence-electron chi connectivity index (χ1n) is 9.07. The molecule has 1 aromatic carbocycles. The third kappa shape index (κ3) is 4.22. The van der Waals surface area contributed by atoms with E-state index in [1.54, 1.807) is 0 Å². The third-order valence-electron chi connectivity index (χ3n) is 5.44. The van der Waals surface area contributed by atoms with E-state index >= 15 is 0 Å². The average molecular weight is 324 g/mol. The number of aliphatic hydroxyl groups excluding tert-OH is 1. The summed E-state index contributed by atoms with van der Waals surface area (Å²) in [7, 11) is 0. The van der Waals surface area contributed by atoms with E-state index < -0.39 is 0 Å². The Morgan fingerprint density at radius 3 is 2.33 bits per heavy atom. The highest BCUT2D eigenvalue weighted by Gasteiger charge is 2.27. The van der Waals surface area contributed by atoms with Crippen LogP contribution in [0.1, 0.15) is 54.7 Å². The molecule has 1 saturated carbocycles. The van der Waals surface area contributed by atoms with Gasteiger partial charge in [0.25, 0.3) is 0 Å². The van der Waals surface area contributed by atoms with Crippen molar-refractivity contribution >= 4 is 0 Å². The van der Waals surface area contributed by atoms with Gasteiger partial charge in [-0.2, -0.15) is 0 Å². The normalized spacial score (nSPS) is 21.5. The largest absolute Gasteiger partial charge is 0.394 e. The number of pyridine rings is 1. The van der Waals surface area contributed by atoms with Crippen molar-refractivity contribution in [3.8, 4) is 0 Å². The molecule has 1 unspecified atom stereocenters. The van der Waals surface area contributed by atoms with Crippen LogP contribution in [0.15, 0.2) is 48.8 Å². The van der Waals surface area contributed by atoms with Crippen molar-refractivity contribution in [1.82, 2.24) is 4.98 Å². The van der Waals surface area contributed by atoms with Gasteiger partial charge in [-0.05, 0) is 66.8 Å². The lowest BCUT2D eigenvalue weighted by Crippen LogP contribution is -2.40. The number of aliphatic hydroxyl groups is 1. The molecule has 0 bridgehead atoms. The minimum Gasteiger partial charge on any atom is -0.394 e. The monoisotopic (exact) mass is 324 g/mol. The molecule has 1 fully saturated rings. The van der Waals surface area contributed by atoms with E-state index in [2.05, 4.69) is 41.4 Å². The van der Waals surface area contributed by atoms with Gasteiger partial charge in [-0.15, -0.1) is 0 Å². The molecule has 128 valence electrons. The number of nitrogens with zero attached hydrogens (tertiary/aromatic N) is 1. The van der Waals surface area contributed by atoms with Crippen LogP contribution in [0, 0.1) is 0 Å². The Bertz CT molecular complexity index is 635. The maximum absolute atomic E-state index is 8.70. The lowest BCUT2D eigenvalue weighted by molar-refractivity contribution is 0.199. The molecule has 1 atom stereocenters. The Morgan fingerprint density at radius 2 is 1.71 bits per heavy atom. The van der Waals surface area contributed by atoms with Crippen LogP contribution >= 0.6 is 0 Å². The molecule has 24 heavy (non-hydrogen) atoms. The SMILES string of the molecule is NC1(CO)CCCC1.c1ccc2c(c1)CCC(c1ccncc1)C2. The van der Waals surface area contributed by atoms with Gasteiger partial charge in [0, 0.05) is 17.9 Å². The number of nitrogens with two attached hydrogens (primary N) is 1. The van der Waals surface area contributed by atoms with Crippen LogP contribution in [0.25, 0.3) is 0 Å². The third-order valence-corrected chi connectivity index (χ3v) is 5.44. The van der Waals surface area contributed by atoms with E-state index in [0.29, 0.717) is 5.92 Å². The standard InChI is InChI=1S/C15H15N.C6H13NO/c1-2-4-14-11-15(6-5-12(14)3-1)13-7-9-16-10-8-13;7-6(5-8)3-1-2-4-6/h1-4,7-10,15H,5-6,11H2;8H,1-5,7H2. The Kier molecular flexibility index (Phi) is 5.64. The maximum atomic E-state index is 8.70. The predicted molar refractivity (Wildman–Crippen MR) is 97.9 cm³/mol. The van der Waals surface area contributed by atoms with E-state index in [1.807, 2.05) is 12.4 Å². The van der Waals surface area contributed by atoms with E-state index in [0.717, 1.165) is 12.8 Å². The van der Waals surface area contributed by atoms with Crippen molar-refractivity contribution in [3.05, 3.63) is 65.5 Å². The summed E-state index contributed by atoms with van der Waals surface area (Å²) in [6.07, 6.45) is 11.8. The van der Waals surface area contributed by atoms with Gasteiger partial charge >= 0.3 is 0 Å². The van der Waals surface area contributed by atoms with E-state index in [4.69, 9.17) is 10.8 Å². The van der Waals surface area contributed by atoms with Crippen LogP contribution in [0.5, 0.6) is 0 Å². The summed E-state index contributed by atoms with van der Waals surface area (Å²) >= 11 is 0. The zero-order valence-corrected chi connectivity index (χ0v) is 14.3. The zero-order chi connectivity index (χ0) is 16.8. The summed E-state index contributed by atoms with van der Waals surface area (Å²) in [5, 5.41) is 8.70. The van der Waals surface area contributed by atoms with Crippen LogP contribution in [0.2, 0.25) is 0 Å². The molecule has 3 N–H and O–H groups in total. The minimum atomic E-state index is -0.208. The topological polar surface area (TPSA) is 59.1 Å². The van der Waals surface area contributed by atoms with Gasteiger partial charge in [0.15, 0.2) is 0 Å². The van der Waals surface area contributed by atoms with Crippen LogP contribution in [-0.2, 0) is 12.8 Å². The summed E-state index contributed by atoms with van der Waals surface area (Å²) in [6.45, 7) is 0.160. The Hall–Kier alpha value is -1.71. The first kappa shape index (κ1) is 17.1. The van der Waals surface area contributed by atoms with Gasteiger partial charge in [-0.1, -0.05) is 37.1 Å². The molecule has 0 saturated heterocycles. The van der Waals surface area contributed by atoms with Gasteiger partial charge in [0.05, 0.1) is 6.61 Å². The predicted octanol–water partition coefficient (Wildman–Crippen LogP) is 3.60. The van der Waals surface area contributed by atoms with Gasteiger partial charge < -0.3 is 10.8 Å².